The quantitative estimate of drug-likeness (QED) is 0.171. The molecule has 3 aliphatic rings. The highest BCUT2D eigenvalue weighted by Gasteiger charge is 2.44. The molecule has 3 aliphatic carbocycles. The summed E-state index contributed by atoms with van der Waals surface area (Å²) >= 11 is 0. The molecule has 258 valence electrons. The predicted molar refractivity (Wildman–Crippen MR) is 225 cm³/mol. The van der Waals surface area contributed by atoms with Crippen LogP contribution in [0.4, 0.5) is 17.1 Å². The van der Waals surface area contributed by atoms with Crippen LogP contribution in [0.3, 0.4) is 0 Å². The lowest BCUT2D eigenvalue weighted by molar-refractivity contribution is 0.312. The second kappa shape index (κ2) is 11.7. The van der Waals surface area contributed by atoms with Gasteiger partial charge in [-0.3, -0.25) is 0 Å². The van der Waals surface area contributed by atoms with Crippen LogP contribution in [0.15, 0.2) is 168 Å². The monoisotopic (exact) mass is 693 g/mol. The zero-order valence-electron chi connectivity index (χ0n) is 30.1. The molecule has 0 amide bonds. The van der Waals surface area contributed by atoms with Crippen LogP contribution < -0.4 is 4.90 Å². The minimum absolute atomic E-state index is 0.648. The lowest BCUT2D eigenvalue weighted by atomic mass is 9.70. The van der Waals surface area contributed by atoms with Crippen molar-refractivity contribution in [1.82, 2.24) is 0 Å². The molecule has 2 nitrogen and oxygen atoms in total. The average Bonchev–Trinajstić information content (AvgIpc) is 3.76. The molecule has 54 heavy (non-hydrogen) atoms. The predicted octanol–water partition coefficient (Wildman–Crippen LogP) is 14.7. The summed E-state index contributed by atoms with van der Waals surface area (Å²) in [6.07, 6.45) is 5.45. The van der Waals surface area contributed by atoms with Gasteiger partial charge in [-0.15, -0.1) is 0 Å². The fourth-order valence-electron chi connectivity index (χ4n) is 10.8. The van der Waals surface area contributed by atoms with Crippen molar-refractivity contribution in [3.05, 3.63) is 175 Å². The maximum absolute atomic E-state index is 6.41. The van der Waals surface area contributed by atoms with Gasteiger partial charge in [0.05, 0.1) is 0 Å². The summed E-state index contributed by atoms with van der Waals surface area (Å²) in [5.41, 5.74) is 13.7. The van der Waals surface area contributed by atoms with E-state index in [0.29, 0.717) is 5.92 Å². The zero-order chi connectivity index (χ0) is 35.3. The van der Waals surface area contributed by atoms with Gasteiger partial charge in [0.25, 0.3) is 0 Å². The van der Waals surface area contributed by atoms with Gasteiger partial charge in [-0.25, -0.2) is 0 Å². The zero-order valence-corrected chi connectivity index (χ0v) is 30.1. The first-order chi connectivity index (χ1) is 26.7. The molecule has 2 fully saturated rings. The fraction of sp³-hybridized carbons (Fsp3) is 0.154. The molecule has 0 N–H and O–H groups in total. The maximum Gasteiger partial charge on any atom is 0.137 e. The summed E-state index contributed by atoms with van der Waals surface area (Å²) in [7, 11) is 0. The van der Waals surface area contributed by atoms with Crippen molar-refractivity contribution in [2.45, 2.75) is 37.5 Å². The van der Waals surface area contributed by atoms with Crippen molar-refractivity contribution in [2.24, 2.45) is 11.8 Å². The van der Waals surface area contributed by atoms with Gasteiger partial charge in [0.1, 0.15) is 11.2 Å². The van der Waals surface area contributed by atoms with Crippen LogP contribution in [-0.4, -0.2) is 0 Å². The van der Waals surface area contributed by atoms with E-state index in [2.05, 4.69) is 163 Å². The van der Waals surface area contributed by atoms with Gasteiger partial charge < -0.3 is 9.32 Å². The normalized spacial score (nSPS) is 19.9. The molecule has 8 aromatic carbocycles. The van der Waals surface area contributed by atoms with Crippen molar-refractivity contribution < 1.29 is 4.42 Å². The second-order valence-corrected chi connectivity index (χ2v) is 16.1. The first-order valence-corrected chi connectivity index (χ1v) is 19.7. The average molecular weight is 694 g/mol. The Labute approximate surface area is 315 Å². The topological polar surface area (TPSA) is 16.4 Å². The Morgan fingerprint density at radius 2 is 1.11 bits per heavy atom. The summed E-state index contributed by atoms with van der Waals surface area (Å²) in [5.74, 6) is 3.06. The van der Waals surface area contributed by atoms with Crippen LogP contribution >= 0.6 is 0 Å². The second-order valence-electron chi connectivity index (χ2n) is 16.1. The standard InChI is InChI=1S/C52H39NO/c1-2-8-42-34(7-1)13-14-36-29-40(20-23-43(36)42)53(41-21-24-48-47-11-5-6-12-51(47)54-52(48)31-41)39-18-15-33(16-19-39)35-17-22-46-44-9-3-4-10-45(44)49-27-32-25-37(49)28-38(26-32)50(46)30-35/h1-24,29-32,37-38,49H,25-28H2. The molecule has 0 aliphatic heterocycles. The van der Waals surface area contributed by atoms with Gasteiger partial charge in [0.15, 0.2) is 0 Å². The molecule has 4 atom stereocenters. The Kier molecular flexibility index (Phi) is 6.57. The van der Waals surface area contributed by atoms with Gasteiger partial charge in [-0.2, -0.15) is 0 Å². The molecule has 2 saturated carbocycles. The lowest BCUT2D eigenvalue weighted by Crippen LogP contribution is -2.19. The van der Waals surface area contributed by atoms with E-state index in [1.54, 1.807) is 11.1 Å². The van der Waals surface area contributed by atoms with Crippen molar-refractivity contribution in [3.8, 4) is 22.3 Å². The summed E-state index contributed by atoms with van der Waals surface area (Å²) in [5, 5.41) is 7.32. The first-order valence-electron chi connectivity index (χ1n) is 19.7. The highest BCUT2D eigenvalue weighted by molar-refractivity contribution is 6.09. The number of hydrogen-bond donors (Lipinski definition) is 0. The smallest absolute Gasteiger partial charge is 0.137 e. The molecule has 0 radical (unpaired) electrons. The number of hydrogen-bond acceptors (Lipinski definition) is 2. The number of anilines is 3. The Hall–Kier alpha value is -6.12. The van der Waals surface area contributed by atoms with Crippen LogP contribution in [-0.2, 0) is 0 Å². The molecule has 4 unspecified atom stereocenters. The molecule has 0 spiro atoms. The Morgan fingerprint density at radius 1 is 0.426 bits per heavy atom. The van der Waals surface area contributed by atoms with Crippen LogP contribution in [0.2, 0.25) is 0 Å². The highest BCUT2D eigenvalue weighted by atomic mass is 16.3. The van der Waals surface area contributed by atoms with E-state index < -0.39 is 0 Å². The van der Waals surface area contributed by atoms with Crippen molar-refractivity contribution >= 4 is 60.5 Å². The first kappa shape index (κ1) is 30.4. The summed E-state index contributed by atoms with van der Waals surface area (Å²) in [6, 6.07) is 60.8. The summed E-state index contributed by atoms with van der Waals surface area (Å²) < 4.78 is 6.41. The molecule has 1 aromatic heterocycles. The minimum Gasteiger partial charge on any atom is -0.456 e. The van der Waals surface area contributed by atoms with Gasteiger partial charge >= 0.3 is 0 Å². The van der Waals surface area contributed by atoms with Gasteiger partial charge in [-0.05, 0) is 147 Å². The molecule has 2 heteroatoms. The van der Waals surface area contributed by atoms with E-state index in [4.69, 9.17) is 4.42 Å². The van der Waals surface area contributed by atoms with Crippen molar-refractivity contribution in [3.63, 3.8) is 0 Å². The van der Waals surface area contributed by atoms with E-state index in [9.17, 15) is 0 Å². The van der Waals surface area contributed by atoms with E-state index in [-0.39, 0.29) is 0 Å². The summed E-state index contributed by atoms with van der Waals surface area (Å²) in [6.45, 7) is 0. The van der Waals surface area contributed by atoms with Crippen LogP contribution in [0.1, 0.15) is 48.6 Å². The molecule has 3 bridgehead atoms. The number of para-hydroxylation sites is 1. The van der Waals surface area contributed by atoms with E-state index in [1.807, 2.05) is 6.07 Å². The van der Waals surface area contributed by atoms with E-state index in [1.165, 1.54) is 69.5 Å². The van der Waals surface area contributed by atoms with Gasteiger partial charge in [0, 0.05) is 33.9 Å². The maximum atomic E-state index is 6.41. The number of rotatable bonds is 4. The van der Waals surface area contributed by atoms with E-state index >= 15 is 0 Å². The number of furan rings is 1. The van der Waals surface area contributed by atoms with Crippen LogP contribution in [0.5, 0.6) is 0 Å². The Morgan fingerprint density at radius 3 is 2.04 bits per heavy atom. The molecular formula is C52H39NO. The third-order valence-corrected chi connectivity index (χ3v) is 13.2. The molecule has 12 rings (SSSR count). The highest BCUT2D eigenvalue weighted by Crippen LogP contribution is 2.59. The number of nitrogens with zero attached hydrogens (tertiary/aromatic N) is 1. The van der Waals surface area contributed by atoms with E-state index in [0.717, 1.165) is 56.8 Å². The molecule has 1 heterocycles. The Balaban J connectivity index is 0.974. The third kappa shape index (κ3) is 4.66. The SMILES string of the molecule is c1ccc2c(c1)-c1ccc(-c3ccc(N(c4ccc5c(ccc6ccccc65)c4)c4ccc5c(c4)oc4ccccc45)cc3)cc1C1CC3CC(C1)C2C3. The number of benzene rings is 8. The van der Waals surface area contributed by atoms with Crippen LogP contribution in [0.25, 0.3) is 65.7 Å². The minimum atomic E-state index is 0.648. The van der Waals surface area contributed by atoms with Crippen LogP contribution in [0, 0.1) is 11.8 Å². The van der Waals surface area contributed by atoms with Crippen molar-refractivity contribution in [1.29, 1.82) is 0 Å². The Bertz CT molecular complexity index is 2930. The lowest BCUT2D eigenvalue weighted by Gasteiger charge is -2.34. The fourth-order valence-corrected chi connectivity index (χ4v) is 10.8. The third-order valence-electron chi connectivity index (χ3n) is 13.2. The summed E-state index contributed by atoms with van der Waals surface area (Å²) in [4.78, 5) is 2.37. The largest absolute Gasteiger partial charge is 0.456 e. The van der Waals surface area contributed by atoms with Gasteiger partial charge in [-0.1, -0.05) is 115 Å². The number of fused-ring (bicyclic) bond motifs is 13. The molecular weight excluding hydrogens is 655 g/mol. The molecule has 0 saturated heterocycles. The van der Waals surface area contributed by atoms with Gasteiger partial charge in [0.2, 0.25) is 0 Å². The molecule has 9 aromatic rings. The van der Waals surface area contributed by atoms with Crippen molar-refractivity contribution in [2.75, 3.05) is 4.90 Å².